The minimum absolute atomic E-state index is 0.304. The number of fused-ring (bicyclic) bond motifs is 2. The van der Waals surface area contributed by atoms with Crippen LogP contribution in [0.3, 0.4) is 0 Å². The molecule has 0 fully saturated rings. The fraction of sp³-hybridized carbons (Fsp3) is 0.500. The van der Waals surface area contributed by atoms with Gasteiger partial charge in [0.2, 0.25) is 0 Å². The first-order chi connectivity index (χ1) is 11.0. The number of hydrogen-bond donors (Lipinski definition) is 1. The molecule has 3 aromatic heterocycles. The van der Waals surface area contributed by atoms with Crippen molar-refractivity contribution >= 4 is 16.9 Å². The molecule has 0 bridgehead atoms. The lowest BCUT2D eigenvalue weighted by Crippen LogP contribution is -2.22. The van der Waals surface area contributed by atoms with Gasteiger partial charge in [-0.05, 0) is 18.3 Å². The van der Waals surface area contributed by atoms with Crippen molar-refractivity contribution in [2.24, 2.45) is 12.5 Å². The molecule has 7 nitrogen and oxygen atoms in total. The van der Waals surface area contributed by atoms with Crippen molar-refractivity contribution in [1.82, 2.24) is 24.9 Å². The Labute approximate surface area is 134 Å². The Morgan fingerprint density at radius 2 is 2.22 bits per heavy atom. The first-order valence-electron chi connectivity index (χ1n) is 7.86. The van der Waals surface area contributed by atoms with Gasteiger partial charge in [-0.1, -0.05) is 19.0 Å². The quantitative estimate of drug-likeness (QED) is 0.800. The van der Waals surface area contributed by atoms with Crippen LogP contribution in [0.25, 0.3) is 11.0 Å². The highest BCUT2D eigenvalue weighted by Gasteiger charge is 2.30. The summed E-state index contributed by atoms with van der Waals surface area (Å²) in [6, 6.07) is 0. The summed E-state index contributed by atoms with van der Waals surface area (Å²) in [5.74, 6) is 1.81. The lowest BCUT2D eigenvalue weighted by molar-refractivity contribution is 0.282. The molecule has 0 saturated carbocycles. The predicted molar refractivity (Wildman–Crippen MR) is 85.9 cm³/mol. The summed E-state index contributed by atoms with van der Waals surface area (Å²) in [4.78, 5) is 8.58. The summed E-state index contributed by atoms with van der Waals surface area (Å²) < 4.78 is 7.26. The molecule has 0 saturated heterocycles. The largest absolute Gasteiger partial charge is 0.364 e. The van der Waals surface area contributed by atoms with Gasteiger partial charge in [-0.15, -0.1) is 0 Å². The Balaban J connectivity index is 1.59. The van der Waals surface area contributed by atoms with Crippen LogP contribution in [0.5, 0.6) is 0 Å². The number of hydrogen-bond acceptors (Lipinski definition) is 6. The highest BCUT2D eigenvalue weighted by Crippen LogP contribution is 2.36. The molecule has 7 heteroatoms. The standard InChI is InChI=1S/C16H20N6O/c1-16(2)5-4-13-10(6-16)12(21-23-13)8-17-14-11-7-20-22(3)15(11)19-9-18-14/h7,9H,4-6,8H2,1-3H3,(H,17,18,19). The molecule has 0 unspecified atom stereocenters. The van der Waals surface area contributed by atoms with Gasteiger partial charge < -0.3 is 9.84 Å². The Bertz CT molecular complexity index is 863. The fourth-order valence-electron chi connectivity index (χ4n) is 3.21. The third-order valence-corrected chi connectivity index (χ3v) is 4.59. The van der Waals surface area contributed by atoms with Gasteiger partial charge in [-0.3, -0.25) is 4.68 Å². The zero-order valence-electron chi connectivity index (χ0n) is 13.6. The second kappa shape index (κ2) is 5.04. The van der Waals surface area contributed by atoms with Crippen molar-refractivity contribution in [3.8, 4) is 0 Å². The summed E-state index contributed by atoms with van der Waals surface area (Å²) >= 11 is 0. The lowest BCUT2D eigenvalue weighted by atomic mass is 9.76. The van der Waals surface area contributed by atoms with Crippen molar-refractivity contribution in [2.75, 3.05) is 5.32 Å². The number of anilines is 1. The smallest absolute Gasteiger partial charge is 0.163 e. The molecule has 23 heavy (non-hydrogen) atoms. The maximum Gasteiger partial charge on any atom is 0.163 e. The maximum absolute atomic E-state index is 5.52. The van der Waals surface area contributed by atoms with E-state index < -0.39 is 0 Å². The fourth-order valence-corrected chi connectivity index (χ4v) is 3.21. The summed E-state index contributed by atoms with van der Waals surface area (Å²) in [5, 5.41) is 12.8. The van der Waals surface area contributed by atoms with Crippen LogP contribution < -0.4 is 5.32 Å². The van der Waals surface area contributed by atoms with Crippen LogP contribution in [-0.2, 0) is 26.4 Å². The monoisotopic (exact) mass is 312 g/mol. The molecule has 1 aliphatic carbocycles. The molecule has 0 aliphatic heterocycles. The molecular formula is C16H20N6O. The van der Waals surface area contributed by atoms with Gasteiger partial charge in [0.05, 0.1) is 18.1 Å². The molecule has 1 N–H and O–H groups in total. The average Bonchev–Trinajstić information content (AvgIpc) is 3.08. The topological polar surface area (TPSA) is 81.7 Å². The molecule has 3 heterocycles. The van der Waals surface area contributed by atoms with E-state index in [2.05, 4.69) is 39.4 Å². The van der Waals surface area contributed by atoms with Gasteiger partial charge in [0.1, 0.15) is 23.6 Å². The van der Waals surface area contributed by atoms with E-state index in [9.17, 15) is 0 Å². The second-order valence-corrected chi connectivity index (χ2v) is 6.95. The van der Waals surface area contributed by atoms with E-state index in [0.29, 0.717) is 12.0 Å². The maximum atomic E-state index is 5.52. The van der Waals surface area contributed by atoms with Crippen LogP contribution in [0.2, 0.25) is 0 Å². The average molecular weight is 312 g/mol. The number of rotatable bonds is 3. The zero-order valence-corrected chi connectivity index (χ0v) is 13.6. The molecule has 1 aliphatic rings. The molecule has 4 rings (SSSR count). The highest BCUT2D eigenvalue weighted by atomic mass is 16.5. The first kappa shape index (κ1) is 14.2. The molecule has 0 atom stereocenters. The SMILES string of the molecule is Cn1ncc2c(NCc3noc4c3CC(C)(C)CC4)ncnc21. The normalized spacial score (nSPS) is 16.5. The summed E-state index contributed by atoms with van der Waals surface area (Å²) in [6.07, 6.45) is 6.45. The predicted octanol–water partition coefficient (Wildman–Crippen LogP) is 2.48. The van der Waals surface area contributed by atoms with E-state index in [0.717, 1.165) is 47.6 Å². The summed E-state index contributed by atoms with van der Waals surface area (Å²) in [5.41, 5.74) is 3.35. The molecule has 3 aromatic rings. The van der Waals surface area contributed by atoms with Crippen molar-refractivity contribution in [1.29, 1.82) is 0 Å². The second-order valence-electron chi connectivity index (χ2n) is 6.95. The molecular weight excluding hydrogens is 292 g/mol. The molecule has 0 aromatic carbocycles. The third kappa shape index (κ3) is 2.46. The van der Waals surface area contributed by atoms with Crippen molar-refractivity contribution in [2.45, 2.75) is 39.7 Å². The molecule has 120 valence electrons. The Morgan fingerprint density at radius 1 is 1.35 bits per heavy atom. The van der Waals surface area contributed by atoms with E-state index in [1.807, 2.05) is 7.05 Å². The van der Waals surface area contributed by atoms with Crippen molar-refractivity contribution < 1.29 is 4.52 Å². The third-order valence-electron chi connectivity index (χ3n) is 4.59. The van der Waals surface area contributed by atoms with Crippen LogP contribution in [-0.4, -0.2) is 24.9 Å². The van der Waals surface area contributed by atoms with Gasteiger partial charge in [-0.2, -0.15) is 5.10 Å². The Morgan fingerprint density at radius 3 is 3.09 bits per heavy atom. The van der Waals surface area contributed by atoms with Gasteiger partial charge in [0.15, 0.2) is 5.65 Å². The number of nitrogens with zero attached hydrogens (tertiary/aromatic N) is 5. The van der Waals surface area contributed by atoms with Gasteiger partial charge in [-0.25, -0.2) is 9.97 Å². The van der Waals surface area contributed by atoms with Crippen molar-refractivity contribution in [3.63, 3.8) is 0 Å². The van der Waals surface area contributed by atoms with E-state index in [4.69, 9.17) is 4.52 Å². The molecule has 0 amide bonds. The Kier molecular flexibility index (Phi) is 3.11. The molecule has 0 spiro atoms. The minimum atomic E-state index is 0.304. The van der Waals surface area contributed by atoms with Gasteiger partial charge in [0, 0.05) is 19.0 Å². The first-order valence-corrected chi connectivity index (χ1v) is 7.86. The van der Waals surface area contributed by atoms with Crippen molar-refractivity contribution in [3.05, 3.63) is 29.5 Å². The van der Waals surface area contributed by atoms with Crippen LogP contribution in [0.1, 0.15) is 37.3 Å². The zero-order chi connectivity index (χ0) is 16.0. The van der Waals surface area contributed by atoms with E-state index in [1.165, 1.54) is 5.56 Å². The van der Waals surface area contributed by atoms with Crippen LogP contribution >= 0.6 is 0 Å². The van der Waals surface area contributed by atoms with E-state index in [-0.39, 0.29) is 0 Å². The van der Waals surface area contributed by atoms with Gasteiger partial charge >= 0.3 is 0 Å². The molecule has 0 radical (unpaired) electrons. The highest BCUT2D eigenvalue weighted by molar-refractivity contribution is 5.85. The number of nitrogens with one attached hydrogen (secondary N) is 1. The lowest BCUT2D eigenvalue weighted by Gasteiger charge is -2.28. The van der Waals surface area contributed by atoms with Crippen LogP contribution in [0, 0.1) is 5.41 Å². The number of aromatic nitrogens is 5. The number of aryl methyl sites for hydroxylation is 2. The van der Waals surface area contributed by atoms with Crippen LogP contribution in [0.15, 0.2) is 17.0 Å². The summed E-state index contributed by atoms with van der Waals surface area (Å²) in [6.45, 7) is 5.18. The van der Waals surface area contributed by atoms with Crippen LogP contribution in [0.4, 0.5) is 5.82 Å². The summed E-state index contributed by atoms with van der Waals surface area (Å²) in [7, 11) is 1.87. The minimum Gasteiger partial charge on any atom is -0.364 e. The van der Waals surface area contributed by atoms with E-state index >= 15 is 0 Å². The van der Waals surface area contributed by atoms with Gasteiger partial charge in [0.25, 0.3) is 0 Å². The Hall–Kier alpha value is -2.44. The van der Waals surface area contributed by atoms with E-state index in [1.54, 1.807) is 17.2 Å².